The van der Waals surface area contributed by atoms with Crippen LogP contribution in [-0.4, -0.2) is 42.0 Å². The molecule has 1 aromatic heterocycles. The van der Waals surface area contributed by atoms with Crippen molar-refractivity contribution in [2.45, 2.75) is 44.7 Å². The highest BCUT2D eigenvalue weighted by atomic mass is 32.1. The predicted octanol–water partition coefficient (Wildman–Crippen LogP) is 3.91. The molecule has 1 heterocycles. The van der Waals surface area contributed by atoms with Crippen molar-refractivity contribution in [3.8, 4) is 5.75 Å². The smallest absolute Gasteiger partial charge is 0.357 e. The number of ether oxygens (including phenoxy) is 2. The van der Waals surface area contributed by atoms with Gasteiger partial charge in [0, 0.05) is 17.0 Å². The van der Waals surface area contributed by atoms with Crippen LogP contribution in [0.3, 0.4) is 0 Å². The summed E-state index contributed by atoms with van der Waals surface area (Å²) in [6, 6.07) is 7.37. The molecule has 0 N–H and O–H groups in total. The summed E-state index contributed by atoms with van der Waals surface area (Å²) in [6.45, 7) is 0.400. The van der Waals surface area contributed by atoms with Crippen molar-refractivity contribution < 1.29 is 19.1 Å². The molecule has 1 saturated carbocycles. The molecular weight excluding hydrogens is 364 g/mol. The van der Waals surface area contributed by atoms with Gasteiger partial charge in [-0.05, 0) is 37.1 Å². The molecule has 0 aliphatic heterocycles. The number of rotatable bonds is 6. The number of thiazole rings is 1. The number of hydrogen-bond donors (Lipinski definition) is 0. The second-order valence-corrected chi connectivity index (χ2v) is 7.51. The molecule has 7 heteroatoms. The van der Waals surface area contributed by atoms with Crippen LogP contribution in [0.2, 0.25) is 0 Å². The first kappa shape index (κ1) is 19.4. The third kappa shape index (κ3) is 4.66. The molecule has 27 heavy (non-hydrogen) atoms. The molecule has 1 aliphatic carbocycles. The Hall–Kier alpha value is -2.41. The van der Waals surface area contributed by atoms with Crippen LogP contribution >= 0.6 is 11.3 Å². The average molecular weight is 388 g/mol. The van der Waals surface area contributed by atoms with E-state index in [4.69, 9.17) is 9.47 Å². The summed E-state index contributed by atoms with van der Waals surface area (Å²) in [5.74, 6) is 0.251. The lowest BCUT2D eigenvalue weighted by Crippen LogP contribution is -2.41. The quantitative estimate of drug-likeness (QED) is 0.702. The molecule has 6 nitrogen and oxygen atoms in total. The first-order chi connectivity index (χ1) is 13.1. The Morgan fingerprint density at radius 3 is 2.48 bits per heavy atom. The fraction of sp³-hybridized carbons (Fsp3) is 0.450. The Morgan fingerprint density at radius 2 is 1.85 bits per heavy atom. The number of carbonyl (C=O) groups is 2. The van der Waals surface area contributed by atoms with E-state index in [1.54, 1.807) is 36.8 Å². The Balaban J connectivity index is 1.82. The van der Waals surface area contributed by atoms with E-state index in [0.717, 1.165) is 36.4 Å². The van der Waals surface area contributed by atoms with Gasteiger partial charge in [-0.1, -0.05) is 19.3 Å². The molecule has 1 fully saturated rings. The van der Waals surface area contributed by atoms with Gasteiger partial charge in [-0.3, -0.25) is 4.79 Å². The standard InChI is InChI=1S/C20H24N2O4S/c1-25-16-10-8-14(9-11-16)19(23)22(15-6-4-3-5-7-15)12-18-21-17(13-27-18)20(24)26-2/h8-11,13,15H,3-7,12H2,1-2H3. The monoisotopic (exact) mass is 388 g/mol. The second-order valence-electron chi connectivity index (χ2n) is 6.57. The summed E-state index contributed by atoms with van der Waals surface area (Å²) in [7, 11) is 2.94. The maximum absolute atomic E-state index is 13.2. The van der Waals surface area contributed by atoms with E-state index >= 15 is 0 Å². The molecule has 1 aromatic carbocycles. The van der Waals surface area contributed by atoms with E-state index in [9.17, 15) is 9.59 Å². The molecule has 0 bridgehead atoms. The van der Waals surface area contributed by atoms with Gasteiger partial charge in [-0.15, -0.1) is 11.3 Å². The van der Waals surface area contributed by atoms with Gasteiger partial charge in [0.25, 0.3) is 5.91 Å². The van der Waals surface area contributed by atoms with Gasteiger partial charge in [0.15, 0.2) is 5.69 Å². The van der Waals surface area contributed by atoms with Crippen LogP contribution < -0.4 is 4.74 Å². The minimum atomic E-state index is -0.455. The van der Waals surface area contributed by atoms with Crippen LogP contribution in [-0.2, 0) is 11.3 Å². The summed E-state index contributed by atoms with van der Waals surface area (Å²) in [5.41, 5.74) is 0.920. The van der Waals surface area contributed by atoms with E-state index in [2.05, 4.69) is 4.98 Å². The number of nitrogens with zero attached hydrogens (tertiary/aromatic N) is 2. The zero-order chi connectivity index (χ0) is 19.2. The summed E-state index contributed by atoms with van der Waals surface area (Å²) >= 11 is 1.38. The molecule has 0 unspecified atom stereocenters. The third-order valence-corrected chi connectivity index (χ3v) is 5.70. The van der Waals surface area contributed by atoms with E-state index in [-0.39, 0.29) is 17.6 Å². The van der Waals surface area contributed by atoms with Crippen LogP contribution in [0.15, 0.2) is 29.6 Å². The van der Waals surface area contributed by atoms with Gasteiger partial charge in [-0.2, -0.15) is 0 Å². The van der Waals surface area contributed by atoms with Crippen molar-refractivity contribution in [1.29, 1.82) is 0 Å². The first-order valence-electron chi connectivity index (χ1n) is 9.10. The number of aromatic nitrogens is 1. The van der Waals surface area contributed by atoms with Crippen LogP contribution in [0.4, 0.5) is 0 Å². The largest absolute Gasteiger partial charge is 0.497 e. The van der Waals surface area contributed by atoms with Gasteiger partial charge in [0.2, 0.25) is 0 Å². The van der Waals surface area contributed by atoms with Crippen molar-refractivity contribution in [2.24, 2.45) is 0 Å². The van der Waals surface area contributed by atoms with Gasteiger partial charge in [0.05, 0.1) is 20.8 Å². The fourth-order valence-electron chi connectivity index (χ4n) is 3.39. The minimum absolute atomic E-state index is 0.0145. The SMILES string of the molecule is COC(=O)c1csc(CN(C(=O)c2ccc(OC)cc2)C2CCCCC2)n1. The van der Waals surface area contributed by atoms with Crippen molar-refractivity contribution in [3.05, 3.63) is 45.9 Å². The number of carbonyl (C=O) groups excluding carboxylic acids is 2. The molecule has 0 saturated heterocycles. The Kier molecular flexibility index (Phi) is 6.45. The maximum Gasteiger partial charge on any atom is 0.357 e. The summed E-state index contributed by atoms with van der Waals surface area (Å²) < 4.78 is 9.90. The first-order valence-corrected chi connectivity index (χ1v) is 9.98. The molecule has 2 aromatic rings. The normalized spacial score (nSPS) is 14.6. The number of methoxy groups -OCH3 is 2. The van der Waals surface area contributed by atoms with Gasteiger partial charge >= 0.3 is 5.97 Å². The third-order valence-electron chi connectivity index (χ3n) is 4.87. The lowest BCUT2D eigenvalue weighted by molar-refractivity contribution is 0.0594. The highest BCUT2D eigenvalue weighted by molar-refractivity contribution is 7.09. The lowest BCUT2D eigenvalue weighted by atomic mass is 9.93. The second kappa shape index (κ2) is 8.99. The zero-order valence-electron chi connectivity index (χ0n) is 15.6. The molecule has 1 aliphatic rings. The molecule has 0 radical (unpaired) electrons. The number of amides is 1. The highest BCUT2D eigenvalue weighted by Crippen LogP contribution is 2.27. The van der Waals surface area contributed by atoms with Crippen LogP contribution in [0, 0.1) is 0 Å². The molecule has 0 spiro atoms. The molecular formula is C20H24N2O4S. The molecule has 3 rings (SSSR count). The van der Waals surface area contributed by atoms with Crippen LogP contribution in [0.25, 0.3) is 0 Å². The number of benzene rings is 1. The van der Waals surface area contributed by atoms with Gasteiger partial charge < -0.3 is 14.4 Å². The summed E-state index contributed by atoms with van der Waals surface area (Å²) in [6.07, 6.45) is 5.46. The Bertz CT molecular complexity index is 782. The Morgan fingerprint density at radius 1 is 1.15 bits per heavy atom. The highest BCUT2D eigenvalue weighted by Gasteiger charge is 2.27. The predicted molar refractivity (Wildman–Crippen MR) is 103 cm³/mol. The zero-order valence-corrected chi connectivity index (χ0v) is 16.5. The van der Waals surface area contributed by atoms with Crippen molar-refractivity contribution in [3.63, 3.8) is 0 Å². The van der Waals surface area contributed by atoms with Crippen molar-refractivity contribution in [2.75, 3.05) is 14.2 Å². The maximum atomic E-state index is 13.2. The molecule has 0 atom stereocenters. The number of esters is 1. The van der Waals surface area contributed by atoms with Gasteiger partial charge in [-0.25, -0.2) is 9.78 Å². The van der Waals surface area contributed by atoms with E-state index in [0.29, 0.717) is 12.1 Å². The fourth-order valence-corrected chi connectivity index (χ4v) is 4.15. The molecule has 1 amide bonds. The van der Waals surface area contributed by atoms with E-state index in [1.165, 1.54) is 24.9 Å². The Labute approximate surface area is 163 Å². The summed E-state index contributed by atoms with van der Waals surface area (Å²) in [4.78, 5) is 31.1. The van der Waals surface area contributed by atoms with Gasteiger partial charge in [0.1, 0.15) is 10.8 Å². The van der Waals surface area contributed by atoms with Crippen molar-refractivity contribution in [1.82, 2.24) is 9.88 Å². The van der Waals surface area contributed by atoms with Crippen molar-refractivity contribution >= 4 is 23.2 Å². The van der Waals surface area contributed by atoms with Crippen LogP contribution in [0.5, 0.6) is 5.75 Å². The topological polar surface area (TPSA) is 68.7 Å². The summed E-state index contributed by atoms with van der Waals surface area (Å²) in [5, 5.41) is 2.42. The van der Waals surface area contributed by atoms with E-state index in [1.807, 2.05) is 4.90 Å². The minimum Gasteiger partial charge on any atom is -0.497 e. The lowest BCUT2D eigenvalue weighted by Gasteiger charge is -2.34. The molecule has 144 valence electrons. The van der Waals surface area contributed by atoms with E-state index < -0.39 is 5.97 Å². The number of hydrogen-bond acceptors (Lipinski definition) is 6. The average Bonchev–Trinajstić information content (AvgIpc) is 3.20. The van der Waals surface area contributed by atoms with Crippen LogP contribution in [0.1, 0.15) is 58.0 Å².